The summed E-state index contributed by atoms with van der Waals surface area (Å²) in [7, 11) is 0. The van der Waals surface area contributed by atoms with Gasteiger partial charge in [0.15, 0.2) is 0 Å². The van der Waals surface area contributed by atoms with E-state index in [-0.39, 0.29) is 0 Å². The van der Waals surface area contributed by atoms with Crippen LogP contribution in [0.1, 0.15) is 37.3 Å². The molecule has 2 aromatic rings. The summed E-state index contributed by atoms with van der Waals surface area (Å²) in [5, 5.41) is 8.36. The van der Waals surface area contributed by atoms with Crippen molar-refractivity contribution in [3.63, 3.8) is 0 Å². The fourth-order valence-corrected chi connectivity index (χ4v) is 2.28. The molecule has 0 aliphatic heterocycles. The maximum Gasteiger partial charge on any atom is 0.130 e. The Morgan fingerprint density at radius 2 is 1.83 bits per heavy atom. The molecule has 0 bridgehead atoms. The molecular formula is C15H17N3. The summed E-state index contributed by atoms with van der Waals surface area (Å²) in [6.45, 7) is 0. The van der Waals surface area contributed by atoms with Crippen LogP contribution in [0.5, 0.6) is 0 Å². The predicted octanol–water partition coefficient (Wildman–Crippen LogP) is 3.32. The van der Waals surface area contributed by atoms with Crippen LogP contribution in [0.2, 0.25) is 0 Å². The summed E-state index contributed by atoms with van der Waals surface area (Å²) >= 11 is 0. The Morgan fingerprint density at radius 3 is 2.50 bits per heavy atom. The molecule has 0 spiro atoms. The Bertz CT molecular complexity index is 550. The Balaban J connectivity index is 1.73. The van der Waals surface area contributed by atoms with E-state index in [9.17, 15) is 0 Å². The molecule has 0 unspecified atom stereocenters. The molecule has 1 aromatic heterocycles. The first kappa shape index (κ1) is 10.2. The average molecular weight is 239 g/mol. The number of rotatable bonds is 4. The largest absolute Gasteiger partial charge is 0.367 e. The molecule has 2 fully saturated rings. The molecule has 3 heteroatoms. The molecule has 18 heavy (non-hydrogen) atoms. The number of hydrogen-bond acceptors (Lipinski definition) is 2. The van der Waals surface area contributed by atoms with Gasteiger partial charge in [0.1, 0.15) is 5.82 Å². The molecule has 2 saturated carbocycles. The highest BCUT2D eigenvalue weighted by atomic mass is 15.3. The van der Waals surface area contributed by atoms with Gasteiger partial charge in [-0.15, -0.1) is 0 Å². The molecule has 3 nitrogen and oxygen atoms in total. The quantitative estimate of drug-likeness (QED) is 0.887. The van der Waals surface area contributed by atoms with Crippen molar-refractivity contribution in [1.29, 1.82) is 0 Å². The van der Waals surface area contributed by atoms with Crippen LogP contribution in [-0.4, -0.2) is 15.8 Å². The minimum absolute atomic E-state index is 0.663. The van der Waals surface area contributed by atoms with Crippen molar-refractivity contribution in [3.8, 4) is 5.69 Å². The molecular weight excluding hydrogens is 222 g/mol. The number of para-hydroxylation sites is 1. The lowest BCUT2D eigenvalue weighted by atomic mass is 10.3. The highest BCUT2D eigenvalue weighted by Crippen LogP contribution is 2.41. The van der Waals surface area contributed by atoms with E-state index >= 15 is 0 Å². The molecule has 0 amide bonds. The minimum atomic E-state index is 0.663. The molecule has 0 atom stereocenters. The van der Waals surface area contributed by atoms with E-state index in [1.54, 1.807) is 0 Å². The third-order valence-electron chi connectivity index (χ3n) is 3.65. The molecule has 2 aliphatic rings. The zero-order chi connectivity index (χ0) is 11.9. The second-order valence-corrected chi connectivity index (χ2v) is 5.39. The lowest BCUT2D eigenvalue weighted by Crippen LogP contribution is -2.07. The van der Waals surface area contributed by atoms with Crippen molar-refractivity contribution >= 4 is 5.82 Å². The second-order valence-electron chi connectivity index (χ2n) is 5.39. The van der Waals surface area contributed by atoms with Crippen LogP contribution in [0.15, 0.2) is 36.4 Å². The number of benzene rings is 1. The van der Waals surface area contributed by atoms with Crippen molar-refractivity contribution in [3.05, 3.63) is 42.1 Å². The predicted molar refractivity (Wildman–Crippen MR) is 72.2 cm³/mol. The molecule has 1 N–H and O–H groups in total. The fraction of sp³-hybridized carbons (Fsp3) is 0.400. The molecule has 0 radical (unpaired) electrons. The van der Waals surface area contributed by atoms with Crippen molar-refractivity contribution in [2.75, 3.05) is 5.32 Å². The van der Waals surface area contributed by atoms with Crippen molar-refractivity contribution in [2.45, 2.75) is 37.6 Å². The van der Waals surface area contributed by atoms with Crippen LogP contribution in [-0.2, 0) is 0 Å². The normalized spacial score (nSPS) is 18.9. The fourth-order valence-electron chi connectivity index (χ4n) is 2.28. The Hall–Kier alpha value is -1.77. The zero-order valence-corrected chi connectivity index (χ0v) is 10.3. The van der Waals surface area contributed by atoms with E-state index in [1.807, 2.05) is 6.07 Å². The Morgan fingerprint density at radius 1 is 1.06 bits per heavy atom. The van der Waals surface area contributed by atoms with Gasteiger partial charge in [0, 0.05) is 18.0 Å². The first-order chi connectivity index (χ1) is 8.90. The van der Waals surface area contributed by atoms with E-state index in [2.05, 4.69) is 40.3 Å². The van der Waals surface area contributed by atoms with Gasteiger partial charge in [0.2, 0.25) is 0 Å². The second kappa shape index (κ2) is 3.87. The van der Waals surface area contributed by atoms with E-state index in [0.29, 0.717) is 12.0 Å². The SMILES string of the molecule is c1ccc(-n2nc(C3CC3)cc2NC2CC2)cc1. The molecule has 1 aromatic carbocycles. The summed E-state index contributed by atoms with van der Waals surface area (Å²) in [4.78, 5) is 0. The van der Waals surface area contributed by atoms with Crippen LogP contribution >= 0.6 is 0 Å². The molecule has 4 rings (SSSR count). The lowest BCUT2D eigenvalue weighted by Gasteiger charge is -2.08. The zero-order valence-electron chi connectivity index (χ0n) is 10.3. The van der Waals surface area contributed by atoms with Crippen LogP contribution in [0.4, 0.5) is 5.82 Å². The Labute approximate surface area is 107 Å². The van der Waals surface area contributed by atoms with Crippen LogP contribution in [0, 0.1) is 0 Å². The summed E-state index contributed by atoms with van der Waals surface area (Å²) in [5.41, 5.74) is 2.40. The van der Waals surface area contributed by atoms with Gasteiger partial charge in [-0.05, 0) is 37.8 Å². The van der Waals surface area contributed by atoms with Gasteiger partial charge in [-0.3, -0.25) is 0 Å². The first-order valence-corrected chi connectivity index (χ1v) is 6.82. The van der Waals surface area contributed by atoms with E-state index < -0.39 is 0 Å². The number of nitrogens with zero attached hydrogens (tertiary/aromatic N) is 2. The highest BCUT2D eigenvalue weighted by molar-refractivity contribution is 5.48. The smallest absolute Gasteiger partial charge is 0.130 e. The van der Waals surface area contributed by atoms with Crippen molar-refractivity contribution in [1.82, 2.24) is 9.78 Å². The maximum atomic E-state index is 4.78. The van der Waals surface area contributed by atoms with Gasteiger partial charge in [-0.1, -0.05) is 18.2 Å². The first-order valence-electron chi connectivity index (χ1n) is 6.82. The monoisotopic (exact) mass is 239 g/mol. The van der Waals surface area contributed by atoms with Crippen molar-refractivity contribution in [2.24, 2.45) is 0 Å². The van der Waals surface area contributed by atoms with Gasteiger partial charge in [0.05, 0.1) is 11.4 Å². The standard InChI is InChI=1S/C15H17N3/c1-2-4-13(5-3-1)18-15(16-12-8-9-12)10-14(17-18)11-6-7-11/h1-5,10-12,16H,6-9H2. The summed E-state index contributed by atoms with van der Waals surface area (Å²) < 4.78 is 2.06. The number of aromatic nitrogens is 2. The number of anilines is 1. The third-order valence-corrected chi connectivity index (χ3v) is 3.65. The molecule has 0 saturated heterocycles. The van der Waals surface area contributed by atoms with Gasteiger partial charge in [0.25, 0.3) is 0 Å². The van der Waals surface area contributed by atoms with E-state index in [4.69, 9.17) is 5.10 Å². The van der Waals surface area contributed by atoms with Gasteiger partial charge < -0.3 is 5.32 Å². The van der Waals surface area contributed by atoms with Crippen LogP contribution < -0.4 is 5.32 Å². The summed E-state index contributed by atoms with van der Waals surface area (Å²) in [6, 6.07) is 13.3. The minimum Gasteiger partial charge on any atom is -0.367 e. The molecule has 2 aliphatic carbocycles. The van der Waals surface area contributed by atoms with E-state index in [0.717, 1.165) is 11.5 Å². The Kier molecular flexibility index (Phi) is 2.19. The number of hydrogen-bond donors (Lipinski definition) is 1. The summed E-state index contributed by atoms with van der Waals surface area (Å²) in [6.07, 6.45) is 5.18. The van der Waals surface area contributed by atoms with Gasteiger partial charge in [-0.25, -0.2) is 4.68 Å². The lowest BCUT2D eigenvalue weighted by molar-refractivity contribution is 0.835. The maximum absolute atomic E-state index is 4.78. The highest BCUT2D eigenvalue weighted by Gasteiger charge is 2.29. The van der Waals surface area contributed by atoms with Crippen molar-refractivity contribution < 1.29 is 0 Å². The van der Waals surface area contributed by atoms with Gasteiger partial charge in [-0.2, -0.15) is 5.10 Å². The molecule has 92 valence electrons. The topological polar surface area (TPSA) is 29.9 Å². The summed E-state index contributed by atoms with van der Waals surface area (Å²) in [5.74, 6) is 1.86. The van der Waals surface area contributed by atoms with Gasteiger partial charge >= 0.3 is 0 Å². The average Bonchev–Trinajstić information content (AvgIpc) is 3.30. The van der Waals surface area contributed by atoms with E-state index in [1.165, 1.54) is 31.4 Å². The number of nitrogens with one attached hydrogen (secondary N) is 1. The molecule has 1 heterocycles. The van der Waals surface area contributed by atoms with Crippen LogP contribution in [0.3, 0.4) is 0 Å². The van der Waals surface area contributed by atoms with Crippen LogP contribution in [0.25, 0.3) is 5.69 Å². The third kappa shape index (κ3) is 1.90.